The smallest absolute Gasteiger partial charge is 0.263 e. The molecular weight excluding hydrogens is 294 g/mol. The third-order valence-electron chi connectivity index (χ3n) is 5.46. The maximum absolute atomic E-state index is 12.8. The maximum Gasteiger partial charge on any atom is 0.263 e. The van der Waals surface area contributed by atoms with E-state index in [9.17, 15) is 4.79 Å². The molecule has 4 nitrogen and oxygen atoms in total. The third kappa shape index (κ3) is 2.23. The molecular formula is C17H21N3OS. The van der Waals surface area contributed by atoms with Crippen molar-refractivity contribution in [3.05, 3.63) is 29.4 Å². The van der Waals surface area contributed by atoms with Crippen LogP contribution >= 0.6 is 11.3 Å². The first-order valence-corrected chi connectivity index (χ1v) is 8.84. The molecule has 0 aromatic carbocycles. The number of likely N-dealkylation sites (tertiary alicyclic amines) is 2. The van der Waals surface area contributed by atoms with Crippen molar-refractivity contribution in [3.8, 4) is 0 Å². The second-order valence-corrected chi connectivity index (χ2v) is 7.65. The number of thiophene rings is 1. The first-order valence-electron chi connectivity index (χ1n) is 8.02. The van der Waals surface area contributed by atoms with Gasteiger partial charge in [-0.15, -0.1) is 11.3 Å². The van der Waals surface area contributed by atoms with Crippen LogP contribution < -0.4 is 0 Å². The van der Waals surface area contributed by atoms with Crippen LogP contribution in [0.5, 0.6) is 0 Å². The molecule has 0 N–H and O–H groups in total. The Labute approximate surface area is 134 Å². The van der Waals surface area contributed by atoms with Crippen molar-refractivity contribution in [3.63, 3.8) is 0 Å². The molecule has 1 amide bonds. The van der Waals surface area contributed by atoms with E-state index in [1.54, 1.807) is 17.5 Å². The number of amides is 1. The molecule has 5 heteroatoms. The largest absolute Gasteiger partial charge is 0.338 e. The number of piperidine rings is 1. The summed E-state index contributed by atoms with van der Waals surface area (Å²) < 4.78 is 1.09. The van der Waals surface area contributed by atoms with E-state index < -0.39 is 0 Å². The number of nitrogens with zero attached hydrogens (tertiary/aromatic N) is 3. The van der Waals surface area contributed by atoms with E-state index in [0.717, 1.165) is 40.9 Å². The molecule has 0 atom stereocenters. The summed E-state index contributed by atoms with van der Waals surface area (Å²) in [5.74, 6) is 0.191. The summed E-state index contributed by atoms with van der Waals surface area (Å²) in [4.78, 5) is 22.3. The number of aromatic nitrogens is 1. The van der Waals surface area contributed by atoms with Crippen molar-refractivity contribution in [2.24, 2.45) is 0 Å². The monoisotopic (exact) mass is 315 g/mol. The molecule has 22 heavy (non-hydrogen) atoms. The molecule has 2 aliphatic rings. The van der Waals surface area contributed by atoms with Crippen LogP contribution in [0.2, 0.25) is 0 Å². The first kappa shape index (κ1) is 14.2. The molecule has 0 unspecified atom stereocenters. The Kier molecular flexibility index (Phi) is 3.42. The lowest BCUT2D eigenvalue weighted by atomic mass is 9.85. The molecule has 0 radical (unpaired) electrons. The average molecular weight is 315 g/mol. The second kappa shape index (κ2) is 5.32. The molecule has 2 saturated heterocycles. The van der Waals surface area contributed by atoms with Gasteiger partial charge in [0.2, 0.25) is 0 Å². The summed E-state index contributed by atoms with van der Waals surface area (Å²) in [6.45, 7) is 2.97. The lowest BCUT2D eigenvalue weighted by Crippen LogP contribution is -2.51. The normalized spacial score (nSPS) is 21.8. The van der Waals surface area contributed by atoms with E-state index in [1.807, 2.05) is 23.2 Å². The Morgan fingerprint density at radius 2 is 2.09 bits per heavy atom. The minimum absolute atomic E-state index is 0.191. The fraction of sp³-hybridized carbons (Fsp3) is 0.529. The molecule has 2 aliphatic heterocycles. The Balaban J connectivity index is 1.50. The van der Waals surface area contributed by atoms with E-state index in [2.05, 4.69) is 16.9 Å². The molecule has 0 saturated carbocycles. The lowest BCUT2D eigenvalue weighted by molar-refractivity contribution is 0.0496. The zero-order chi connectivity index (χ0) is 15.2. The molecule has 2 aromatic rings. The summed E-state index contributed by atoms with van der Waals surface area (Å²) >= 11 is 1.56. The van der Waals surface area contributed by atoms with E-state index in [4.69, 9.17) is 0 Å². The van der Waals surface area contributed by atoms with Crippen LogP contribution in [0.25, 0.3) is 10.1 Å². The van der Waals surface area contributed by atoms with Crippen molar-refractivity contribution >= 4 is 27.3 Å². The zero-order valence-corrected chi connectivity index (χ0v) is 13.7. The highest BCUT2D eigenvalue weighted by molar-refractivity contribution is 7.20. The van der Waals surface area contributed by atoms with Crippen molar-refractivity contribution in [2.45, 2.75) is 31.2 Å². The van der Waals surface area contributed by atoms with E-state index in [1.165, 1.54) is 19.4 Å². The molecule has 4 rings (SSSR count). The van der Waals surface area contributed by atoms with Gasteiger partial charge < -0.3 is 9.80 Å². The van der Waals surface area contributed by atoms with Gasteiger partial charge in [0.05, 0.1) is 9.58 Å². The Bertz CT molecular complexity index is 670. The van der Waals surface area contributed by atoms with Crippen LogP contribution in [0, 0.1) is 0 Å². The van der Waals surface area contributed by atoms with Gasteiger partial charge in [-0.2, -0.15) is 0 Å². The fourth-order valence-corrected chi connectivity index (χ4v) is 4.97. The summed E-state index contributed by atoms with van der Waals surface area (Å²) in [5, 5.41) is 1.12. The number of hydrogen-bond acceptors (Lipinski definition) is 4. The topological polar surface area (TPSA) is 36.4 Å². The van der Waals surface area contributed by atoms with Crippen molar-refractivity contribution in [1.82, 2.24) is 14.8 Å². The molecule has 0 aliphatic carbocycles. The van der Waals surface area contributed by atoms with Crippen LogP contribution in [0.15, 0.2) is 24.5 Å². The van der Waals surface area contributed by atoms with Crippen LogP contribution in [0.1, 0.15) is 35.4 Å². The molecule has 116 valence electrons. The lowest BCUT2D eigenvalue weighted by Gasteiger charge is -2.43. The highest BCUT2D eigenvalue weighted by Crippen LogP contribution is 2.37. The SMILES string of the molecule is CN1CCCC12CCN(C(=O)c1cc3ccncc3s1)CC2. The van der Waals surface area contributed by atoms with Crippen LogP contribution in [0.4, 0.5) is 0 Å². The van der Waals surface area contributed by atoms with Crippen LogP contribution in [-0.4, -0.2) is 52.9 Å². The standard InChI is InChI=1S/C17H21N3OS/c1-19-8-2-4-17(19)5-9-20(10-6-17)16(21)14-11-13-3-7-18-12-15(13)22-14/h3,7,11-12H,2,4-6,8-10H2,1H3. The third-order valence-corrected chi connectivity index (χ3v) is 6.53. The van der Waals surface area contributed by atoms with Crippen LogP contribution in [0.3, 0.4) is 0 Å². The van der Waals surface area contributed by atoms with Gasteiger partial charge in [0.25, 0.3) is 5.91 Å². The van der Waals surface area contributed by atoms with Crippen molar-refractivity contribution < 1.29 is 4.79 Å². The number of rotatable bonds is 1. The van der Waals surface area contributed by atoms with Gasteiger partial charge >= 0.3 is 0 Å². The Morgan fingerprint density at radius 3 is 2.77 bits per heavy atom. The van der Waals surface area contributed by atoms with Gasteiger partial charge in [-0.05, 0) is 56.8 Å². The molecule has 2 fully saturated rings. The fourth-order valence-electron chi connectivity index (χ4n) is 3.98. The highest BCUT2D eigenvalue weighted by Gasteiger charge is 2.41. The average Bonchev–Trinajstić information content (AvgIpc) is 3.12. The predicted octanol–water partition coefficient (Wildman–Crippen LogP) is 3.00. The summed E-state index contributed by atoms with van der Waals surface area (Å²) in [7, 11) is 2.24. The van der Waals surface area contributed by atoms with Crippen molar-refractivity contribution in [2.75, 3.05) is 26.7 Å². The summed E-state index contributed by atoms with van der Waals surface area (Å²) in [6.07, 6.45) is 8.44. The van der Waals surface area contributed by atoms with Gasteiger partial charge in [0.1, 0.15) is 0 Å². The summed E-state index contributed by atoms with van der Waals surface area (Å²) in [6, 6.07) is 3.98. The zero-order valence-electron chi connectivity index (χ0n) is 12.9. The van der Waals surface area contributed by atoms with Gasteiger partial charge in [-0.1, -0.05) is 0 Å². The van der Waals surface area contributed by atoms with Gasteiger partial charge in [0.15, 0.2) is 0 Å². The number of pyridine rings is 1. The minimum atomic E-state index is 0.191. The van der Waals surface area contributed by atoms with Gasteiger partial charge in [-0.3, -0.25) is 9.78 Å². The molecule has 4 heterocycles. The maximum atomic E-state index is 12.8. The molecule has 1 spiro atoms. The van der Waals surface area contributed by atoms with Crippen molar-refractivity contribution in [1.29, 1.82) is 0 Å². The molecule has 0 bridgehead atoms. The van der Waals surface area contributed by atoms with E-state index in [0.29, 0.717) is 5.54 Å². The van der Waals surface area contributed by atoms with Gasteiger partial charge in [-0.25, -0.2) is 0 Å². The second-order valence-electron chi connectivity index (χ2n) is 6.57. The van der Waals surface area contributed by atoms with Crippen LogP contribution in [-0.2, 0) is 0 Å². The first-order chi connectivity index (χ1) is 10.7. The molecule has 2 aromatic heterocycles. The highest BCUT2D eigenvalue weighted by atomic mass is 32.1. The Morgan fingerprint density at radius 1 is 1.27 bits per heavy atom. The Hall–Kier alpha value is -1.46. The number of fused-ring (bicyclic) bond motifs is 1. The quantitative estimate of drug-likeness (QED) is 0.812. The predicted molar refractivity (Wildman–Crippen MR) is 89.4 cm³/mol. The number of hydrogen-bond donors (Lipinski definition) is 0. The number of carbonyl (C=O) groups excluding carboxylic acids is 1. The van der Waals surface area contributed by atoms with E-state index in [-0.39, 0.29) is 5.91 Å². The van der Waals surface area contributed by atoms with Gasteiger partial charge in [0, 0.05) is 31.0 Å². The van der Waals surface area contributed by atoms with E-state index >= 15 is 0 Å². The minimum Gasteiger partial charge on any atom is -0.338 e. The summed E-state index contributed by atoms with van der Waals surface area (Å²) in [5.41, 5.74) is 0.362. The number of carbonyl (C=O) groups is 1.